The Balaban J connectivity index is 1.39. The van der Waals surface area contributed by atoms with E-state index in [0.717, 1.165) is 18.5 Å². The Morgan fingerprint density at radius 2 is 1.92 bits per heavy atom. The molecule has 4 nitrogen and oxygen atoms in total. The predicted molar refractivity (Wildman–Crippen MR) is 96.0 cm³/mol. The van der Waals surface area contributed by atoms with Crippen LogP contribution in [-0.4, -0.2) is 21.8 Å². The molecule has 0 saturated carbocycles. The van der Waals surface area contributed by atoms with Crippen molar-refractivity contribution in [3.63, 3.8) is 0 Å². The van der Waals surface area contributed by atoms with Crippen molar-refractivity contribution < 1.29 is 9.18 Å². The minimum absolute atomic E-state index is 0.0573. The minimum atomic E-state index is -0.293. The third kappa shape index (κ3) is 4.89. The first kappa shape index (κ1) is 17.1. The summed E-state index contributed by atoms with van der Waals surface area (Å²) in [7, 11) is 0. The monoisotopic (exact) mass is 339 g/mol. The average Bonchev–Trinajstić information content (AvgIpc) is 2.98. The van der Waals surface area contributed by atoms with Gasteiger partial charge in [-0.3, -0.25) is 4.79 Å². The lowest BCUT2D eigenvalue weighted by Crippen LogP contribution is -2.25. The van der Waals surface area contributed by atoms with Crippen LogP contribution in [0.25, 0.3) is 5.65 Å². The maximum absolute atomic E-state index is 13.2. The number of nitrogens with one attached hydrogen (secondary N) is 1. The van der Waals surface area contributed by atoms with Gasteiger partial charge in [0.05, 0.1) is 5.69 Å². The van der Waals surface area contributed by atoms with Gasteiger partial charge in [-0.05, 0) is 37.5 Å². The van der Waals surface area contributed by atoms with E-state index in [-0.39, 0.29) is 11.7 Å². The number of fused-ring (bicyclic) bond motifs is 1. The first-order valence-electron chi connectivity index (χ1n) is 8.55. The molecule has 5 heteroatoms. The van der Waals surface area contributed by atoms with E-state index in [1.807, 2.05) is 0 Å². The molecule has 0 saturated heterocycles. The van der Waals surface area contributed by atoms with Crippen molar-refractivity contribution in [1.29, 1.82) is 0 Å². The molecule has 0 aliphatic rings. The molecule has 1 amide bonds. The van der Waals surface area contributed by atoms with Crippen LogP contribution in [0.3, 0.4) is 0 Å². The maximum atomic E-state index is 13.2. The Hall–Kier alpha value is -2.69. The van der Waals surface area contributed by atoms with Crippen LogP contribution in [0, 0.1) is 12.7 Å². The predicted octanol–water partition coefficient (Wildman–Crippen LogP) is 3.46. The fourth-order valence-electron chi connectivity index (χ4n) is 2.76. The SMILES string of the molecule is Cc1ccc(CCCC(=O)NCCc2cn3cc(F)ccc3n2)cc1. The molecule has 1 N–H and O–H groups in total. The number of aryl methyl sites for hydroxylation is 2. The molecule has 0 aliphatic heterocycles. The largest absolute Gasteiger partial charge is 0.356 e. The molecule has 2 aromatic heterocycles. The smallest absolute Gasteiger partial charge is 0.220 e. The van der Waals surface area contributed by atoms with Crippen molar-refractivity contribution in [2.24, 2.45) is 0 Å². The molecule has 0 atom stereocenters. The lowest BCUT2D eigenvalue weighted by molar-refractivity contribution is -0.121. The van der Waals surface area contributed by atoms with Crippen LogP contribution in [0.4, 0.5) is 4.39 Å². The zero-order valence-corrected chi connectivity index (χ0v) is 14.3. The van der Waals surface area contributed by atoms with Crippen molar-refractivity contribution in [3.05, 3.63) is 71.4 Å². The van der Waals surface area contributed by atoms with Gasteiger partial charge in [-0.25, -0.2) is 9.37 Å². The highest BCUT2D eigenvalue weighted by molar-refractivity contribution is 5.75. The number of aromatic nitrogens is 2. The van der Waals surface area contributed by atoms with Crippen LogP contribution in [0.2, 0.25) is 0 Å². The average molecular weight is 339 g/mol. The Labute approximate surface area is 146 Å². The molecule has 3 rings (SSSR count). The highest BCUT2D eigenvalue weighted by atomic mass is 19.1. The topological polar surface area (TPSA) is 46.4 Å². The number of pyridine rings is 1. The number of carbonyl (C=O) groups excluding carboxylic acids is 1. The van der Waals surface area contributed by atoms with Gasteiger partial charge >= 0.3 is 0 Å². The Morgan fingerprint density at radius 3 is 2.72 bits per heavy atom. The summed E-state index contributed by atoms with van der Waals surface area (Å²) in [5.74, 6) is -0.236. The number of halogens is 1. The first-order chi connectivity index (χ1) is 12.1. The summed E-state index contributed by atoms with van der Waals surface area (Å²) in [5, 5.41) is 2.92. The quantitative estimate of drug-likeness (QED) is 0.716. The Morgan fingerprint density at radius 1 is 1.12 bits per heavy atom. The number of rotatable bonds is 7. The Kier molecular flexibility index (Phi) is 5.43. The number of hydrogen-bond donors (Lipinski definition) is 1. The molecule has 130 valence electrons. The van der Waals surface area contributed by atoms with E-state index in [0.29, 0.717) is 25.0 Å². The van der Waals surface area contributed by atoms with E-state index >= 15 is 0 Å². The summed E-state index contributed by atoms with van der Waals surface area (Å²) < 4.78 is 14.8. The van der Waals surface area contributed by atoms with E-state index in [4.69, 9.17) is 0 Å². The molecular formula is C20H22FN3O. The van der Waals surface area contributed by atoms with Crippen molar-refractivity contribution in [3.8, 4) is 0 Å². The summed E-state index contributed by atoms with van der Waals surface area (Å²) in [5.41, 5.74) is 4.05. The van der Waals surface area contributed by atoms with Crippen LogP contribution in [0.5, 0.6) is 0 Å². The normalized spacial score (nSPS) is 11.0. The van der Waals surface area contributed by atoms with Gasteiger partial charge in [0.1, 0.15) is 11.5 Å². The molecule has 0 radical (unpaired) electrons. The molecule has 0 bridgehead atoms. The highest BCUT2D eigenvalue weighted by Gasteiger charge is 2.05. The second-order valence-corrected chi connectivity index (χ2v) is 6.28. The molecule has 0 unspecified atom stereocenters. The Bertz CT molecular complexity index is 855. The minimum Gasteiger partial charge on any atom is -0.356 e. The number of nitrogens with zero attached hydrogens (tertiary/aromatic N) is 2. The van der Waals surface area contributed by atoms with E-state index < -0.39 is 0 Å². The first-order valence-corrected chi connectivity index (χ1v) is 8.55. The number of amides is 1. The van der Waals surface area contributed by atoms with Crippen LogP contribution in [0.1, 0.15) is 29.7 Å². The van der Waals surface area contributed by atoms with Crippen molar-refractivity contribution in [2.75, 3.05) is 6.54 Å². The maximum Gasteiger partial charge on any atom is 0.220 e. The number of hydrogen-bond acceptors (Lipinski definition) is 2. The lowest BCUT2D eigenvalue weighted by Gasteiger charge is -2.04. The van der Waals surface area contributed by atoms with E-state index in [2.05, 4.69) is 41.5 Å². The second-order valence-electron chi connectivity index (χ2n) is 6.28. The summed E-state index contributed by atoms with van der Waals surface area (Å²) in [6, 6.07) is 11.4. The number of imidazole rings is 1. The van der Waals surface area contributed by atoms with Crippen LogP contribution in [-0.2, 0) is 17.6 Å². The van der Waals surface area contributed by atoms with Gasteiger partial charge < -0.3 is 9.72 Å². The fraction of sp³-hybridized carbons (Fsp3) is 0.300. The van der Waals surface area contributed by atoms with Gasteiger partial charge in [-0.2, -0.15) is 0 Å². The standard InChI is InChI=1S/C20H22FN3O/c1-15-5-7-16(8-6-15)3-2-4-20(25)22-12-11-18-14-24-13-17(21)9-10-19(24)23-18/h5-10,13-14H,2-4,11-12H2,1H3,(H,22,25). The second kappa shape index (κ2) is 7.92. The van der Waals surface area contributed by atoms with E-state index in [9.17, 15) is 9.18 Å². The van der Waals surface area contributed by atoms with Gasteiger partial charge in [0.15, 0.2) is 0 Å². The molecule has 2 heterocycles. The molecule has 1 aromatic carbocycles. The third-order valence-corrected chi connectivity index (χ3v) is 4.16. The van der Waals surface area contributed by atoms with Crippen LogP contribution < -0.4 is 5.32 Å². The molecule has 0 spiro atoms. The van der Waals surface area contributed by atoms with E-state index in [1.54, 1.807) is 16.7 Å². The zero-order valence-electron chi connectivity index (χ0n) is 14.3. The zero-order chi connectivity index (χ0) is 17.6. The number of carbonyl (C=O) groups is 1. The molecule has 0 aliphatic carbocycles. The lowest BCUT2D eigenvalue weighted by atomic mass is 10.1. The molecule has 0 fully saturated rings. The third-order valence-electron chi connectivity index (χ3n) is 4.16. The fourth-order valence-corrected chi connectivity index (χ4v) is 2.76. The van der Waals surface area contributed by atoms with Gasteiger partial charge in [0.25, 0.3) is 0 Å². The van der Waals surface area contributed by atoms with Gasteiger partial charge in [0.2, 0.25) is 5.91 Å². The van der Waals surface area contributed by atoms with E-state index in [1.165, 1.54) is 23.4 Å². The summed E-state index contributed by atoms with van der Waals surface area (Å²) in [6.07, 6.45) is 6.09. The molecular weight excluding hydrogens is 317 g/mol. The van der Waals surface area contributed by atoms with Crippen molar-refractivity contribution in [2.45, 2.75) is 32.6 Å². The van der Waals surface area contributed by atoms with Crippen LogP contribution in [0.15, 0.2) is 48.8 Å². The highest BCUT2D eigenvalue weighted by Crippen LogP contribution is 2.08. The summed E-state index contributed by atoms with van der Waals surface area (Å²) in [6.45, 7) is 2.60. The van der Waals surface area contributed by atoms with Gasteiger partial charge in [0, 0.05) is 31.8 Å². The molecule has 25 heavy (non-hydrogen) atoms. The summed E-state index contributed by atoms with van der Waals surface area (Å²) in [4.78, 5) is 16.3. The van der Waals surface area contributed by atoms with Gasteiger partial charge in [-0.15, -0.1) is 0 Å². The van der Waals surface area contributed by atoms with Crippen molar-refractivity contribution >= 4 is 11.6 Å². The molecule has 3 aromatic rings. The number of benzene rings is 1. The van der Waals surface area contributed by atoms with Crippen molar-refractivity contribution in [1.82, 2.24) is 14.7 Å². The summed E-state index contributed by atoms with van der Waals surface area (Å²) >= 11 is 0. The van der Waals surface area contributed by atoms with Gasteiger partial charge in [-0.1, -0.05) is 29.8 Å². The van der Waals surface area contributed by atoms with Crippen LogP contribution >= 0.6 is 0 Å².